The molecule has 0 aliphatic carbocycles. The van der Waals surface area contributed by atoms with Crippen LogP contribution in [-0.4, -0.2) is 23.9 Å². The first kappa shape index (κ1) is 18.1. The Bertz CT molecular complexity index is 704. The van der Waals surface area contributed by atoms with Gasteiger partial charge >= 0.3 is 0 Å². The van der Waals surface area contributed by atoms with Crippen molar-refractivity contribution in [2.24, 2.45) is 0 Å². The Kier molecular flexibility index (Phi) is 6.44. The monoisotopic (exact) mass is 332 g/mol. The largest absolute Gasteiger partial charge is 0.325 e. The molecule has 2 rings (SSSR count). The van der Waals surface area contributed by atoms with Gasteiger partial charge in [-0.05, 0) is 49.2 Å². The van der Waals surface area contributed by atoms with Crippen molar-refractivity contribution in [3.05, 3.63) is 65.2 Å². The van der Waals surface area contributed by atoms with E-state index in [1.807, 2.05) is 43.0 Å². The lowest BCUT2D eigenvalue weighted by Crippen LogP contribution is -2.33. The Hall–Kier alpha value is -2.27. The number of nitrogens with zero attached hydrogens (tertiary/aromatic N) is 1. The highest BCUT2D eigenvalue weighted by Crippen LogP contribution is 2.14. The summed E-state index contributed by atoms with van der Waals surface area (Å²) in [7, 11) is 0. The second kappa shape index (κ2) is 8.55. The van der Waals surface area contributed by atoms with Crippen molar-refractivity contribution in [3.8, 4) is 0 Å². The summed E-state index contributed by atoms with van der Waals surface area (Å²) in [5, 5.41) is 2.89. The van der Waals surface area contributed by atoms with E-state index in [0.717, 1.165) is 23.7 Å². The maximum atomic E-state index is 13.3. The van der Waals surface area contributed by atoms with Gasteiger partial charge in [-0.1, -0.05) is 31.2 Å². The Balaban J connectivity index is 2.00. The lowest BCUT2D eigenvalue weighted by molar-refractivity contribution is -0.117. The molecule has 0 saturated heterocycles. The molecule has 0 saturated carbocycles. The van der Waals surface area contributed by atoms with E-state index in [0.29, 0.717) is 18.7 Å². The molecule has 0 aromatic heterocycles. The summed E-state index contributed by atoms with van der Waals surface area (Å²) in [6.45, 7) is 5.23. The van der Waals surface area contributed by atoms with Gasteiger partial charge in [-0.15, -0.1) is 0 Å². The Morgan fingerprint density at radius 3 is 2.54 bits per heavy atom. The number of anilines is 1. The first-order chi connectivity index (χ1) is 11.5. The van der Waals surface area contributed by atoms with Crippen LogP contribution in [0.2, 0.25) is 0 Å². The van der Waals surface area contributed by atoms with E-state index in [4.69, 9.17) is 0 Å². The molecule has 2 aromatic carbocycles. The summed E-state index contributed by atoms with van der Waals surface area (Å²) in [4.78, 5) is 14.2. The number of hydrogen-bond donors (Lipinski definition) is 1. The molecule has 0 unspecified atom stereocenters. The number of hydrogen-bond acceptors (Lipinski definition) is 2. The molecule has 0 radical (unpaired) electrons. The maximum Gasteiger partial charge on any atom is 0.238 e. The molecule has 0 aliphatic rings. The van der Waals surface area contributed by atoms with E-state index in [2.05, 4.69) is 5.32 Å². The van der Waals surface area contributed by atoms with Gasteiger partial charge < -0.3 is 5.32 Å². The van der Waals surface area contributed by atoms with Crippen LogP contribution in [-0.2, 0) is 11.3 Å². The zero-order valence-corrected chi connectivity index (χ0v) is 14.0. The fourth-order valence-electron chi connectivity index (χ4n) is 2.53. The molecule has 0 aliphatic heterocycles. The van der Waals surface area contributed by atoms with Crippen LogP contribution in [0.3, 0.4) is 0 Å². The number of carbonyl (C=O) groups is 1. The van der Waals surface area contributed by atoms with Crippen molar-refractivity contribution in [3.63, 3.8) is 0 Å². The number of carbonyl (C=O) groups excluding carboxylic acids is 1. The molecule has 5 heteroatoms. The highest BCUT2D eigenvalue weighted by atomic mass is 19.2. The van der Waals surface area contributed by atoms with E-state index in [1.54, 1.807) is 6.07 Å². The fraction of sp³-hybridized carbons (Fsp3) is 0.316. The second-order valence-electron chi connectivity index (χ2n) is 5.82. The molecular formula is C19H22F2N2O. The molecule has 1 N–H and O–H groups in total. The molecule has 0 atom stereocenters. The Morgan fingerprint density at radius 2 is 1.88 bits per heavy atom. The van der Waals surface area contributed by atoms with Crippen LogP contribution in [0.5, 0.6) is 0 Å². The van der Waals surface area contributed by atoms with E-state index in [1.165, 1.54) is 6.07 Å². The minimum absolute atomic E-state index is 0.125. The predicted molar refractivity (Wildman–Crippen MR) is 91.7 cm³/mol. The number of amides is 1. The minimum atomic E-state index is -0.867. The average Bonchev–Trinajstić information content (AvgIpc) is 2.53. The lowest BCUT2D eigenvalue weighted by Gasteiger charge is -2.21. The van der Waals surface area contributed by atoms with Crippen molar-refractivity contribution >= 4 is 11.6 Å². The molecule has 24 heavy (non-hydrogen) atoms. The van der Waals surface area contributed by atoms with Crippen LogP contribution in [0.4, 0.5) is 14.5 Å². The van der Waals surface area contributed by atoms with Crippen LogP contribution in [0.25, 0.3) is 0 Å². The first-order valence-electron chi connectivity index (χ1n) is 8.01. The normalized spacial score (nSPS) is 10.9. The summed E-state index contributed by atoms with van der Waals surface area (Å²) in [5.41, 5.74) is 2.42. The van der Waals surface area contributed by atoms with Crippen LogP contribution >= 0.6 is 0 Å². The van der Waals surface area contributed by atoms with Crippen LogP contribution < -0.4 is 5.32 Å². The second-order valence-corrected chi connectivity index (χ2v) is 5.82. The summed E-state index contributed by atoms with van der Waals surface area (Å²) in [6, 6.07) is 11.4. The summed E-state index contributed by atoms with van der Waals surface area (Å²) in [5.74, 6) is -1.85. The molecular weight excluding hydrogens is 310 g/mol. The zero-order chi connectivity index (χ0) is 17.5. The first-order valence-corrected chi connectivity index (χ1v) is 8.01. The summed E-state index contributed by atoms with van der Waals surface area (Å²) in [6.07, 6.45) is 0.862. The van der Waals surface area contributed by atoms with Gasteiger partial charge in [-0.2, -0.15) is 0 Å². The van der Waals surface area contributed by atoms with E-state index >= 15 is 0 Å². The SMILES string of the molecule is CCCN(CC(=O)Nc1ccccc1C)Cc1ccc(F)c(F)c1. The quantitative estimate of drug-likeness (QED) is 0.827. The van der Waals surface area contributed by atoms with Gasteiger partial charge in [0, 0.05) is 12.2 Å². The van der Waals surface area contributed by atoms with Crippen LogP contribution in [0.1, 0.15) is 24.5 Å². The Morgan fingerprint density at radius 1 is 1.12 bits per heavy atom. The number of nitrogens with one attached hydrogen (secondary N) is 1. The third kappa shape index (κ3) is 5.13. The standard InChI is InChI=1S/C19H22F2N2O/c1-3-10-23(12-15-8-9-16(20)17(21)11-15)13-19(24)22-18-7-5-4-6-14(18)2/h4-9,11H,3,10,12-13H2,1-2H3,(H,22,24). The third-order valence-corrected chi connectivity index (χ3v) is 3.72. The lowest BCUT2D eigenvalue weighted by atomic mass is 10.2. The molecule has 0 spiro atoms. The number of rotatable bonds is 7. The molecule has 128 valence electrons. The van der Waals surface area contributed by atoms with Gasteiger partial charge in [0.05, 0.1) is 6.54 Å². The maximum absolute atomic E-state index is 13.3. The molecule has 2 aromatic rings. The van der Waals surface area contributed by atoms with E-state index in [-0.39, 0.29) is 12.5 Å². The van der Waals surface area contributed by atoms with Crippen LogP contribution in [0, 0.1) is 18.6 Å². The van der Waals surface area contributed by atoms with Crippen LogP contribution in [0.15, 0.2) is 42.5 Å². The van der Waals surface area contributed by atoms with Gasteiger partial charge in [0.1, 0.15) is 0 Å². The van der Waals surface area contributed by atoms with Gasteiger partial charge in [0.25, 0.3) is 0 Å². The van der Waals surface area contributed by atoms with Gasteiger partial charge in [-0.3, -0.25) is 9.69 Å². The van der Waals surface area contributed by atoms with Gasteiger partial charge in [0.15, 0.2) is 11.6 Å². The van der Waals surface area contributed by atoms with Gasteiger partial charge in [-0.25, -0.2) is 8.78 Å². The summed E-state index contributed by atoms with van der Waals surface area (Å²) >= 11 is 0. The number of halogens is 2. The number of para-hydroxylation sites is 1. The molecule has 1 amide bonds. The Labute approximate surface area is 141 Å². The van der Waals surface area contributed by atoms with Gasteiger partial charge in [0.2, 0.25) is 5.91 Å². The third-order valence-electron chi connectivity index (χ3n) is 3.72. The zero-order valence-electron chi connectivity index (χ0n) is 14.0. The van der Waals surface area contributed by atoms with Crippen molar-refractivity contribution in [2.75, 3.05) is 18.4 Å². The predicted octanol–water partition coefficient (Wildman–Crippen LogP) is 4.12. The minimum Gasteiger partial charge on any atom is -0.325 e. The highest BCUT2D eigenvalue weighted by molar-refractivity contribution is 5.92. The van der Waals surface area contributed by atoms with Crippen molar-refractivity contribution in [1.82, 2.24) is 4.90 Å². The average molecular weight is 332 g/mol. The number of benzene rings is 2. The van der Waals surface area contributed by atoms with E-state index < -0.39 is 11.6 Å². The molecule has 3 nitrogen and oxygen atoms in total. The summed E-state index contributed by atoms with van der Waals surface area (Å²) < 4.78 is 26.4. The smallest absolute Gasteiger partial charge is 0.238 e. The fourth-order valence-corrected chi connectivity index (χ4v) is 2.53. The van der Waals surface area contributed by atoms with Crippen molar-refractivity contribution in [1.29, 1.82) is 0 Å². The molecule has 0 fully saturated rings. The highest BCUT2D eigenvalue weighted by Gasteiger charge is 2.13. The van der Waals surface area contributed by atoms with Crippen molar-refractivity contribution < 1.29 is 13.6 Å². The molecule has 0 bridgehead atoms. The topological polar surface area (TPSA) is 32.3 Å². The van der Waals surface area contributed by atoms with Crippen molar-refractivity contribution in [2.45, 2.75) is 26.8 Å². The number of aryl methyl sites for hydroxylation is 1. The molecule has 0 heterocycles. The van der Waals surface area contributed by atoms with E-state index in [9.17, 15) is 13.6 Å².